The number of nitrogens with zero attached hydrogens (tertiary/aromatic N) is 4. The second kappa shape index (κ2) is 4.12. The molecule has 2 aromatic rings. The molecule has 17 heavy (non-hydrogen) atoms. The summed E-state index contributed by atoms with van der Waals surface area (Å²) in [6.07, 6.45) is 2.75. The number of carbonyl (C=O) groups excluding carboxylic acids is 1. The van der Waals surface area contributed by atoms with Crippen LogP contribution in [0.5, 0.6) is 0 Å². The fraction of sp³-hybridized carbons (Fsp3) is 0.100. The molecule has 0 N–H and O–H groups in total. The van der Waals surface area contributed by atoms with Gasteiger partial charge in [-0.3, -0.25) is 14.9 Å². The lowest BCUT2D eigenvalue weighted by Crippen LogP contribution is -2.03. The molecule has 0 atom stereocenters. The summed E-state index contributed by atoms with van der Waals surface area (Å²) >= 11 is 0. The SMILES string of the molecule is CC(=O)c1ccc(-n2cncn2)cc1[N+](=O)[O-]. The van der Waals surface area contributed by atoms with Crippen molar-refractivity contribution in [2.75, 3.05) is 0 Å². The van der Waals surface area contributed by atoms with Crippen LogP contribution in [0.25, 0.3) is 5.69 Å². The standard InChI is InChI=1S/C10H8N4O3/c1-7(15)9-3-2-8(4-10(9)14(16)17)13-6-11-5-12-13/h2-6H,1H3. The first-order valence-corrected chi connectivity index (χ1v) is 4.74. The van der Waals surface area contributed by atoms with Crippen LogP contribution in [-0.2, 0) is 0 Å². The van der Waals surface area contributed by atoms with Crippen molar-refractivity contribution >= 4 is 11.5 Å². The van der Waals surface area contributed by atoms with Gasteiger partial charge in [0.25, 0.3) is 5.69 Å². The molecule has 2 rings (SSSR count). The lowest BCUT2D eigenvalue weighted by molar-refractivity contribution is -0.385. The Morgan fingerprint density at radius 1 is 1.47 bits per heavy atom. The first-order chi connectivity index (χ1) is 8.09. The van der Waals surface area contributed by atoms with Crippen LogP contribution < -0.4 is 0 Å². The van der Waals surface area contributed by atoms with Gasteiger partial charge in [-0.15, -0.1) is 0 Å². The van der Waals surface area contributed by atoms with E-state index in [1.165, 1.54) is 36.4 Å². The summed E-state index contributed by atoms with van der Waals surface area (Å²) in [4.78, 5) is 25.2. The minimum atomic E-state index is -0.586. The first-order valence-electron chi connectivity index (χ1n) is 4.74. The number of benzene rings is 1. The minimum absolute atomic E-state index is 0.0823. The molecular formula is C10H8N4O3. The van der Waals surface area contributed by atoms with E-state index in [1.807, 2.05) is 0 Å². The number of aromatic nitrogens is 3. The van der Waals surface area contributed by atoms with Gasteiger partial charge < -0.3 is 0 Å². The zero-order valence-corrected chi connectivity index (χ0v) is 8.90. The summed E-state index contributed by atoms with van der Waals surface area (Å²) in [6, 6.07) is 4.29. The first kappa shape index (κ1) is 10.9. The molecule has 0 aliphatic carbocycles. The van der Waals surface area contributed by atoms with E-state index in [4.69, 9.17) is 0 Å². The lowest BCUT2D eigenvalue weighted by atomic mass is 10.1. The smallest absolute Gasteiger partial charge is 0.282 e. The van der Waals surface area contributed by atoms with Gasteiger partial charge >= 0.3 is 0 Å². The molecule has 7 nitrogen and oxygen atoms in total. The topological polar surface area (TPSA) is 90.9 Å². The summed E-state index contributed by atoms with van der Waals surface area (Å²) in [5.41, 5.74) is 0.337. The van der Waals surface area contributed by atoms with E-state index in [0.717, 1.165) is 0 Å². The van der Waals surface area contributed by atoms with Crippen molar-refractivity contribution in [1.29, 1.82) is 0 Å². The third-order valence-corrected chi connectivity index (χ3v) is 2.24. The number of Topliss-reactive ketones (excluding diaryl/α,β-unsaturated/α-hetero) is 1. The van der Waals surface area contributed by atoms with Gasteiger partial charge in [0.05, 0.1) is 16.2 Å². The van der Waals surface area contributed by atoms with Crippen LogP contribution in [0.2, 0.25) is 0 Å². The summed E-state index contributed by atoms with van der Waals surface area (Å²) in [5.74, 6) is -0.346. The molecule has 0 spiro atoms. The Balaban J connectivity index is 2.57. The summed E-state index contributed by atoms with van der Waals surface area (Å²) < 4.78 is 1.39. The van der Waals surface area contributed by atoms with Crippen LogP contribution in [-0.4, -0.2) is 25.5 Å². The molecule has 7 heteroatoms. The van der Waals surface area contributed by atoms with Gasteiger partial charge in [0.1, 0.15) is 12.7 Å². The largest absolute Gasteiger partial charge is 0.294 e. The van der Waals surface area contributed by atoms with Crippen molar-refractivity contribution in [2.24, 2.45) is 0 Å². The van der Waals surface area contributed by atoms with Gasteiger partial charge in [0, 0.05) is 6.07 Å². The maximum atomic E-state index is 11.2. The minimum Gasteiger partial charge on any atom is -0.294 e. The summed E-state index contributed by atoms with van der Waals surface area (Å²) in [7, 11) is 0. The fourth-order valence-electron chi connectivity index (χ4n) is 1.45. The molecule has 0 fully saturated rings. The Kier molecular flexibility index (Phi) is 2.65. The van der Waals surface area contributed by atoms with Crippen LogP contribution in [0.4, 0.5) is 5.69 Å². The van der Waals surface area contributed by atoms with Gasteiger partial charge in [-0.25, -0.2) is 9.67 Å². The molecule has 1 aromatic carbocycles. The third-order valence-electron chi connectivity index (χ3n) is 2.24. The average Bonchev–Trinajstić information content (AvgIpc) is 2.81. The molecule has 1 aromatic heterocycles. The summed E-state index contributed by atoms with van der Waals surface area (Å²) in [5, 5.41) is 14.7. The van der Waals surface area contributed by atoms with E-state index >= 15 is 0 Å². The molecule has 1 heterocycles. The number of nitro benzene ring substituents is 1. The molecule has 0 aliphatic heterocycles. The molecule has 0 unspecified atom stereocenters. The molecule has 0 aliphatic rings. The van der Waals surface area contributed by atoms with Crippen LogP contribution in [0.3, 0.4) is 0 Å². The van der Waals surface area contributed by atoms with Crippen molar-refractivity contribution in [1.82, 2.24) is 14.8 Å². The highest BCUT2D eigenvalue weighted by Gasteiger charge is 2.18. The Labute approximate surface area is 95.9 Å². The Morgan fingerprint density at radius 2 is 2.24 bits per heavy atom. The quantitative estimate of drug-likeness (QED) is 0.453. The average molecular weight is 232 g/mol. The molecule has 0 saturated heterocycles. The fourth-order valence-corrected chi connectivity index (χ4v) is 1.45. The van der Waals surface area contributed by atoms with Crippen molar-refractivity contribution in [3.8, 4) is 5.69 Å². The van der Waals surface area contributed by atoms with Crippen LogP contribution >= 0.6 is 0 Å². The maximum Gasteiger partial charge on any atom is 0.282 e. The number of hydrogen-bond acceptors (Lipinski definition) is 5. The van der Waals surface area contributed by atoms with Gasteiger partial charge in [0.2, 0.25) is 0 Å². The van der Waals surface area contributed by atoms with Gasteiger partial charge in [-0.1, -0.05) is 0 Å². The molecule has 0 bridgehead atoms. The van der Waals surface area contributed by atoms with Gasteiger partial charge in [-0.2, -0.15) is 5.10 Å². The van der Waals surface area contributed by atoms with E-state index in [0.29, 0.717) is 5.69 Å². The van der Waals surface area contributed by atoms with Crippen LogP contribution in [0.1, 0.15) is 17.3 Å². The van der Waals surface area contributed by atoms with E-state index < -0.39 is 4.92 Å². The van der Waals surface area contributed by atoms with Crippen molar-refractivity contribution in [3.05, 3.63) is 46.5 Å². The molecular weight excluding hydrogens is 224 g/mol. The molecule has 86 valence electrons. The number of rotatable bonds is 3. The maximum absolute atomic E-state index is 11.2. The zero-order valence-electron chi connectivity index (χ0n) is 8.90. The van der Waals surface area contributed by atoms with E-state index in [1.54, 1.807) is 6.07 Å². The summed E-state index contributed by atoms with van der Waals surface area (Å²) in [6.45, 7) is 1.29. The van der Waals surface area contributed by atoms with Gasteiger partial charge in [0.15, 0.2) is 5.78 Å². The highest BCUT2D eigenvalue weighted by molar-refractivity contribution is 5.98. The monoisotopic (exact) mass is 232 g/mol. The predicted octanol–water partition coefficient (Wildman–Crippen LogP) is 1.38. The third kappa shape index (κ3) is 2.03. The van der Waals surface area contributed by atoms with E-state index in [2.05, 4.69) is 10.1 Å². The zero-order chi connectivity index (χ0) is 12.4. The predicted molar refractivity (Wildman–Crippen MR) is 58.0 cm³/mol. The van der Waals surface area contributed by atoms with Gasteiger partial charge in [-0.05, 0) is 19.1 Å². The number of hydrogen-bond donors (Lipinski definition) is 0. The number of ketones is 1. The Morgan fingerprint density at radius 3 is 2.76 bits per heavy atom. The highest BCUT2D eigenvalue weighted by Crippen LogP contribution is 2.22. The second-order valence-corrected chi connectivity index (χ2v) is 3.35. The second-order valence-electron chi connectivity index (χ2n) is 3.35. The number of nitro groups is 1. The number of carbonyl (C=O) groups is 1. The van der Waals surface area contributed by atoms with E-state index in [9.17, 15) is 14.9 Å². The molecule has 0 amide bonds. The van der Waals surface area contributed by atoms with Crippen molar-refractivity contribution in [3.63, 3.8) is 0 Å². The van der Waals surface area contributed by atoms with E-state index in [-0.39, 0.29) is 17.0 Å². The lowest BCUT2D eigenvalue weighted by Gasteiger charge is -2.03. The Bertz CT molecular complexity index is 577. The van der Waals surface area contributed by atoms with Crippen molar-refractivity contribution < 1.29 is 9.72 Å². The Hall–Kier alpha value is -2.57. The van der Waals surface area contributed by atoms with Crippen LogP contribution in [0.15, 0.2) is 30.9 Å². The molecule has 0 radical (unpaired) electrons. The highest BCUT2D eigenvalue weighted by atomic mass is 16.6. The molecule has 0 saturated carbocycles. The van der Waals surface area contributed by atoms with Crippen LogP contribution in [0, 0.1) is 10.1 Å². The normalized spacial score (nSPS) is 10.2. The van der Waals surface area contributed by atoms with Crippen molar-refractivity contribution in [2.45, 2.75) is 6.92 Å².